The minimum absolute atomic E-state index is 0.114. The lowest BCUT2D eigenvalue weighted by Crippen LogP contribution is -1.97. The molecule has 1 aromatic rings. The number of rotatable bonds is 2. The van der Waals surface area contributed by atoms with Crippen molar-refractivity contribution in [1.29, 1.82) is 0 Å². The van der Waals surface area contributed by atoms with Gasteiger partial charge >= 0.3 is 0 Å². The average molecular weight is 382 g/mol. The van der Waals surface area contributed by atoms with Crippen molar-refractivity contribution in [3.05, 3.63) is 26.0 Å². The van der Waals surface area contributed by atoms with Crippen molar-refractivity contribution in [3.8, 4) is 0 Å². The molecule has 0 aliphatic heterocycles. The van der Waals surface area contributed by atoms with Crippen LogP contribution in [0.15, 0.2) is 6.07 Å². The van der Waals surface area contributed by atoms with Crippen molar-refractivity contribution < 1.29 is 8.78 Å². The van der Waals surface area contributed by atoms with E-state index in [9.17, 15) is 8.78 Å². The van der Waals surface area contributed by atoms with Gasteiger partial charge in [-0.1, -0.05) is 27.5 Å². The summed E-state index contributed by atoms with van der Waals surface area (Å²) in [4.78, 5) is 3.81. The van der Waals surface area contributed by atoms with Crippen LogP contribution in [-0.2, 0) is 5.33 Å². The third kappa shape index (κ3) is 2.73. The van der Waals surface area contributed by atoms with Gasteiger partial charge in [0.05, 0.1) is 11.3 Å². The second-order valence-corrected chi connectivity index (χ2v) is 4.32. The standard InChI is InChI=1S/C7H4BrClF2IN/c8-2-3-1-4(12)5(7(10)11)6(9)13-3/h1,7H,2H2. The molecule has 0 aliphatic carbocycles. The van der Waals surface area contributed by atoms with Gasteiger partial charge in [0.2, 0.25) is 0 Å². The molecule has 0 fully saturated rings. The fourth-order valence-electron chi connectivity index (χ4n) is 0.804. The van der Waals surface area contributed by atoms with Crippen molar-refractivity contribution in [2.24, 2.45) is 0 Å². The Kier molecular flexibility index (Phi) is 4.31. The van der Waals surface area contributed by atoms with Crippen LogP contribution < -0.4 is 0 Å². The Morgan fingerprint density at radius 1 is 1.62 bits per heavy atom. The van der Waals surface area contributed by atoms with Crippen LogP contribution in [0.25, 0.3) is 0 Å². The second-order valence-electron chi connectivity index (χ2n) is 2.23. The first-order valence-corrected chi connectivity index (χ1v) is 5.83. The topological polar surface area (TPSA) is 12.9 Å². The molecule has 0 N–H and O–H groups in total. The molecular formula is C7H4BrClF2IN. The minimum atomic E-state index is -2.57. The van der Waals surface area contributed by atoms with Gasteiger partial charge in [0.25, 0.3) is 6.43 Å². The first kappa shape index (κ1) is 11.6. The highest BCUT2D eigenvalue weighted by Crippen LogP contribution is 2.30. The molecule has 6 heteroatoms. The normalized spacial score (nSPS) is 10.9. The van der Waals surface area contributed by atoms with Crippen LogP contribution in [-0.4, -0.2) is 4.98 Å². The Bertz CT molecular complexity index is 298. The van der Waals surface area contributed by atoms with Gasteiger partial charge in [-0.25, -0.2) is 13.8 Å². The summed E-state index contributed by atoms with van der Waals surface area (Å²) >= 11 is 10.6. The molecule has 0 radical (unpaired) electrons. The summed E-state index contributed by atoms with van der Waals surface area (Å²) in [5.41, 5.74) is 0.464. The zero-order chi connectivity index (χ0) is 10.0. The molecule has 0 atom stereocenters. The Morgan fingerprint density at radius 3 is 2.62 bits per heavy atom. The molecule has 0 aromatic carbocycles. The van der Waals surface area contributed by atoms with Crippen molar-refractivity contribution in [2.75, 3.05) is 0 Å². The lowest BCUT2D eigenvalue weighted by molar-refractivity contribution is 0.150. The minimum Gasteiger partial charge on any atom is -0.240 e. The SMILES string of the molecule is FC(F)c1c(I)cc(CBr)nc1Cl. The van der Waals surface area contributed by atoms with Gasteiger partial charge in [-0.15, -0.1) is 0 Å². The van der Waals surface area contributed by atoms with Gasteiger partial charge in [0, 0.05) is 8.90 Å². The molecule has 72 valence electrons. The van der Waals surface area contributed by atoms with Crippen LogP contribution in [0, 0.1) is 3.57 Å². The molecule has 0 aliphatic rings. The summed E-state index contributed by atoms with van der Waals surface area (Å²) in [5, 5.41) is 0.392. The van der Waals surface area contributed by atoms with Crippen molar-refractivity contribution in [1.82, 2.24) is 4.98 Å². The molecular weight excluding hydrogens is 378 g/mol. The smallest absolute Gasteiger partial charge is 0.240 e. The molecule has 0 bridgehead atoms. The number of nitrogens with zero attached hydrogens (tertiary/aromatic N) is 1. The molecule has 0 spiro atoms. The largest absolute Gasteiger partial charge is 0.267 e. The van der Waals surface area contributed by atoms with Crippen molar-refractivity contribution in [3.63, 3.8) is 0 Å². The summed E-state index contributed by atoms with van der Waals surface area (Å²) in [6.07, 6.45) is -2.57. The highest BCUT2D eigenvalue weighted by Gasteiger charge is 2.17. The monoisotopic (exact) mass is 381 g/mol. The Morgan fingerprint density at radius 2 is 2.23 bits per heavy atom. The molecule has 0 amide bonds. The van der Waals surface area contributed by atoms with Gasteiger partial charge in [-0.3, -0.25) is 0 Å². The average Bonchev–Trinajstić information content (AvgIpc) is 2.02. The number of hydrogen-bond acceptors (Lipinski definition) is 1. The predicted octanol–water partition coefficient (Wildman–Crippen LogP) is 4.17. The third-order valence-electron chi connectivity index (χ3n) is 1.37. The first-order chi connectivity index (χ1) is 6.06. The fraction of sp³-hybridized carbons (Fsp3) is 0.286. The second kappa shape index (κ2) is 4.84. The van der Waals surface area contributed by atoms with Crippen LogP contribution in [0.4, 0.5) is 8.78 Å². The summed E-state index contributed by atoms with van der Waals surface area (Å²) in [6, 6.07) is 1.59. The molecule has 1 rings (SSSR count). The van der Waals surface area contributed by atoms with E-state index in [1.165, 1.54) is 0 Å². The Balaban J connectivity index is 3.23. The highest BCUT2D eigenvalue weighted by atomic mass is 127. The quantitative estimate of drug-likeness (QED) is 0.425. The van der Waals surface area contributed by atoms with Gasteiger partial charge in [0.1, 0.15) is 5.15 Å². The van der Waals surface area contributed by atoms with E-state index in [1.807, 2.05) is 22.6 Å². The van der Waals surface area contributed by atoms with Crippen molar-refractivity contribution >= 4 is 50.1 Å². The van der Waals surface area contributed by atoms with Crippen LogP contribution in [0.2, 0.25) is 5.15 Å². The number of pyridine rings is 1. The highest BCUT2D eigenvalue weighted by molar-refractivity contribution is 14.1. The predicted molar refractivity (Wildman–Crippen MR) is 59.6 cm³/mol. The molecule has 0 saturated carbocycles. The van der Waals surface area contributed by atoms with Crippen LogP contribution >= 0.6 is 50.1 Å². The molecule has 1 heterocycles. The van der Waals surface area contributed by atoms with E-state index in [4.69, 9.17) is 11.6 Å². The maximum Gasteiger partial charge on any atom is 0.267 e. The van der Waals surface area contributed by atoms with Crippen molar-refractivity contribution in [2.45, 2.75) is 11.8 Å². The summed E-state index contributed by atoms with van der Waals surface area (Å²) < 4.78 is 25.2. The fourth-order valence-corrected chi connectivity index (χ4v) is 2.39. The maximum absolute atomic E-state index is 12.4. The number of aromatic nitrogens is 1. The molecule has 0 unspecified atom stereocenters. The number of halogens is 5. The molecule has 13 heavy (non-hydrogen) atoms. The van der Waals surface area contributed by atoms with E-state index in [-0.39, 0.29) is 10.7 Å². The number of alkyl halides is 3. The Labute approximate surface area is 101 Å². The summed E-state index contributed by atoms with van der Waals surface area (Å²) in [6.45, 7) is 0. The maximum atomic E-state index is 12.4. The number of hydrogen-bond donors (Lipinski definition) is 0. The molecule has 1 nitrogen and oxygen atoms in total. The first-order valence-electron chi connectivity index (χ1n) is 3.25. The van der Waals surface area contributed by atoms with E-state index in [1.54, 1.807) is 6.07 Å². The Hall–Kier alpha value is 0.510. The van der Waals surface area contributed by atoms with E-state index in [0.717, 1.165) is 0 Å². The summed E-state index contributed by atoms with van der Waals surface area (Å²) in [5.74, 6) is 0. The van der Waals surface area contributed by atoms with Crippen LogP contribution in [0.5, 0.6) is 0 Å². The van der Waals surface area contributed by atoms with E-state index in [2.05, 4.69) is 20.9 Å². The van der Waals surface area contributed by atoms with E-state index < -0.39 is 6.43 Å². The van der Waals surface area contributed by atoms with Gasteiger partial charge in [-0.2, -0.15) is 0 Å². The zero-order valence-electron chi connectivity index (χ0n) is 6.20. The van der Waals surface area contributed by atoms with Gasteiger partial charge < -0.3 is 0 Å². The van der Waals surface area contributed by atoms with Gasteiger partial charge in [0.15, 0.2) is 0 Å². The van der Waals surface area contributed by atoms with E-state index in [0.29, 0.717) is 14.6 Å². The third-order valence-corrected chi connectivity index (χ3v) is 3.12. The lowest BCUT2D eigenvalue weighted by Gasteiger charge is -2.06. The van der Waals surface area contributed by atoms with Crippen LogP contribution in [0.1, 0.15) is 17.7 Å². The molecule has 1 aromatic heterocycles. The summed E-state index contributed by atoms with van der Waals surface area (Å²) in [7, 11) is 0. The molecule has 0 saturated heterocycles. The zero-order valence-corrected chi connectivity index (χ0v) is 10.7. The lowest BCUT2D eigenvalue weighted by atomic mass is 10.2. The van der Waals surface area contributed by atoms with Gasteiger partial charge in [-0.05, 0) is 28.7 Å². The van der Waals surface area contributed by atoms with Crippen LogP contribution in [0.3, 0.4) is 0 Å². The van der Waals surface area contributed by atoms with E-state index >= 15 is 0 Å².